The summed E-state index contributed by atoms with van der Waals surface area (Å²) in [5, 5.41) is 8.52. The summed E-state index contributed by atoms with van der Waals surface area (Å²) in [4.78, 5) is 10.3. The maximum absolute atomic E-state index is 10.3. The van der Waals surface area contributed by atoms with Gasteiger partial charge in [-0.15, -0.1) is 6.58 Å². The van der Waals surface area contributed by atoms with Gasteiger partial charge in [0.15, 0.2) is 0 Å². The van der Waals surface area contributed by atoms with Gasteiger partial charge in [0.25, 0.3) is 0 Å². The van der Waals surface area contributed by atoms with E-state index in [-0.39, 0.29) is 6.42 Å². The first-order valence-corrected chi connectivity index (χ1v) is 10.2. The monoisotopic (exact) mass is 336 g/mol. The first-order chi connectivity index (χ1) is 11.8. The fourth-order valence-electron chi connectivity index (χ4n) is 2.94. The predicted octanol–water partition coefficient (Wildman–Crippen LogP) is 7.44. The van der Waals surface area contributed by atoms with Gasteiger partial charge in [0.1, 0.15) is 0 Å². The minimum absolute atomic E-state index is 0.256. The van der Waals surface area contributed by atoms with Gasteiger partial charge in [-0.1, -0.05) is 88.9 Å². The van der Waals surface area contributed by atoms with E-state index in [4.69, 9.17) is 5.11 Å². The molecule has 2 nitrogen and oxygen atoms in total. The SMILES string of the molecule is C=CCCCCCCCCCCCCCCCC=CCCC(=O)O. The van der Waals surface area contributed by atoms with Crippen LogP contribution < -0.4 is 0 Å². The molecule has 0 atom stereocenters. The number of hydrogen-bond acceptors (Lipinski definition) is 1. The lowest BCUT2D eigenvalue weighted by Gasteiger charge is -2.02. The number of allylic oxidation sites excluding steroid dienone is 3. The van der Waals surface area contributed by atoms with Crippen LogP contribution in [0, 0.1) is 0 Å². The van der Waals surface area contributed by atoms with E-state index >= 15 is 0 Å². The first kappa shape index (κ1) is 22.9. The van der Waals surface area contributed by atoms with E-state index in [0.717, 1.165) is 6.42 Å². The fraction of sp³-hybridized carbons (Fsp3) is 0.773. The summed E-state index contributed by atoms with van der Waals surface area (Å²) in [5.74, 6) is -0.705. The highest BCUT2D eigenvalue weighted by atomic mass is 16.4. The summed E-state index contributed by atoms with van der Waals surface area (Å²) in [6, 6.07) is 0. The molecular formula is C22H40O2. The van der Waals surface area contributed by atoms with E-state index in [9.17, 15) is 4.79 Å². The third-order valence-electron chi connectivity index (χ3n) is 4.47. The molecule has 0 saturated heterocycles. The molecule has 0 aliphatic carbocycles. The van der Waals surface area contributed by atoms with Gasteiger partial charge in [-0.2, -0.15) is 0 Å². The number of hydrogen-bond donors (Lipinski definition) is 1. The molecule has 2 heteroatoms. The van der Waals surface area contributed by atoms with E-state index in [2.05, 4.69) is 12.7 Å². The zero-order chi connectivity index (χ0) is 17.7. The summed E-state index contributed by atoms with van der Waals surface area (Å²) < 4.78 is 0. The highest BCUT2D eigenvalue weighted by Crippen LogP contribution is 2.13. The van der Waals surface area contributed by atoms with Gasteiger partial charge in [0.05, 0.1) is 0 Å². The van der Waals surface area contributed by atoms with Crippen molar-refractivity contribution in [3.8, 4) is 0 Å². The Hall–Kier alpha value is -1.05. The lowest BCUT2D eigenvalue weighted by Crippen LogP contribution is -1.91. The molecule has 0 rings (SSSR count). The summed E-state index contributed by atoms with van der Waals surface area (Å²) in [6.07, 6.45) is 27.2. The van der Waals surface area contributed by atoms with Crippen LogP contribution in [0.1, 0.15) is 109 Å². The highest BCUT2D eigenvalue weighted by Gasteiger charge is 1.94. The molecule has 1 N–H and O–H groups in total. The molecule has 0 amide bonds. The van der Waals surface area contributed by atoms with Gasteiger partial charge in [-0.3, -0.25) is 4.79 Å². The van der Waals surface area contributed by atoms with Crippen molar-refractivity contribution in [2.75, 3.05) is 0 Å². The summed E-state index contributed by atoms with van der Waals surface area (Å²) >= 11 is 0. The van der Waals surface area contributed by atoms with Crippen molar-refractivity contribution in [3.63, 3.8) is 0 Å². The Labute approximate surface area is 150 Å². The van der Waals surface area contributed by atoms with Crippen LogP contribution in [0.25, 0.3) is 0 Å². The molecule has 0 radical (unpaired) electrons. The van der Waals surface area contributed by atoms with Gasteiger partial charge < -0.3 is 5.11 Å². The van der Waals surface area contributed by atoms with Crippen molar-refractivity contribution >= 4 is 5.97 Å². The van der Waals surface area contributed by atoms with Crippen LogP contribution in [0.4, 0.5) is 0 Å². The van der Waals surface area contributed by atoms with E-state index in [1.54, 1.807) is 0 Å². The predicted molar refractivity (Wildman–Crippen MR) is 105 cm³/mol. The number of carbonyl (C=O) groups is 1. The van der Waals surface area contributed by atoms with E-state index in [1.807, 2.05) is 12.2 Å². The van der Waals surface area contributed by atoms with Crippen LogP contribution in [0.3, 0.4) is 0 Å². The number of aliphatic carboxylic acids is 1. The topological polar surface area (TPSA) is 37.3 Å². The maximum atomic E-state index is 10.3. The number of unbranched alkanes of at least 4 members (excludes halogenated alkanes) is 14. The molecular weight excluding hydrogens is 296 g/mol. The molecule has 0 aromatic carbocycles. The smallest absolute Gasteiger partial charge is 0.303 e. The number of rotatable bonds is 19. The van der Waals surface area contributed by atoms with Gasteiger partial charge in [0, 0.05) is 6.42 Å². The quantitative estimate of drug-likeness (QED) is 0.196. The Kier molecular flexibility index (Phi) is 19.1. The summed E-state index contributed by atoms with van der Waals surface area (Å²) in [5.41, 5.74) is 0. The molecule has 0 aliphatic rings. The second kappa shape index (κ2) is 20.0. The number of carboxylic acids is 1. The normalized spacial score (nSPS) is 11.2. The van der Waals surface area contributed by atoms with Crippen LogP contribution in [0.5, 0.6) is 0 Å². The van der Waals surface area contributed by atoms with Crippen LogP contribution in [-0.2, 0) is 4.79 Å². The third-order valence-corrected chi connectivity index (χ3v) is 4.47. The fourth-order valence-corrected chi connectivity index (χ4v) is 2.94. The van der Waals surface area contributed by atoms with E-state index < -0.39 is 5.97 Å². The zero-order valence-corrected chi connectivity index (χ0v) is 15.8. The largest absolute Gasteiger partial charge is 0.481 e. The molecule has 0 aromatic rings. The number of carboxylic acid groups (broad SMARTS) is 1. The highest BCUT2D eigenvalue weighted by molar-refractivity contribution is 5.66. The second-order valence-corrected chi connectivity index (χ2v) is 6.87. The van der Waals surface area contributed by atoms with Crippen molar-refractivity contribution < 1.29 is 9.90 Å². The van der Waals surface area contributed by atoms with Crippen LogP contribution in [0.15, 0.2) is 24.8 Å². The van der Waals surface area contributed by atoms with Crippen molar-refractivity contribution in [1.82, 2.24) is 0 Å². The third kappa shape index (κ3) is 20.9. The minimum atomic E-state index is -0.705. The first-order valence-electron chi connectivity index (χ1n) is 10.2. The maximum Gasteiger partial charge on any atom is 0.303 e. The van der Waals surface area contributed by atoms with Crippen molar-refractivity contribution in [1.29, 1.82) is 0 Å². The zero-order valence-electron chi connectivity index (χ0n) is 15.8. The van der Waals surface area contributed by atoms with E-state index in [0.29, 0.717) is 6.42 Å². The second-order valence-electron chi connectivity index (χ2n) is 6.87. The van der Waals surface area contributed by atoms with Gasteiger partial charge in [-0.05, 0) is 32.1 Å². The molecule has 0 aliphatic heterocycles. The molecule has 0 fully saturated rings. The van der Waals surface area contributed by atoms with Gasteiger partial charge in [0.2, 0.25) is 0 Å². The average Bonchev–Trinajstić information content (AvgIpc) is 2.56. The lowest BCUT2D eigenvalue weighted by atomic mass is 10.0. The van der Waals surface area contributed by atoms with Crippen LogP contribution >= 0.6 is 0 Å². The standard InChI is InChI=1S/C22H40O2/c1-2-3-4-5-6-7-8-9-10-11-12-13-14-15-16-17-18-19-20-21-22(23)24/h2,18-19H,1,3-17,20-21H2,(H,23,24). The summed E-state index contributed by atoms with van der Waals surface area (Å²) in [6.45, 7) is 3.76. The minimum Gasteiger partial charge on any atom is -0.481 e. The lowest BCUT2D eigenvalue weighted by molar-refractivity contribution is -0.136. The molecule has 0 heterocycles. The van der Waals surface area contributed by atoms with Crippen LogP contribution in [0.2, 0.25) is 0 Å². The molecule has 140 valence electrons. The van der Waals surface area contributed by atoms with Crippen molar-refractivity contribution in [3.05, 3.63) is 24.8 Å². The van der Waals surface area contributed by atoms with Crippen molar-refractivity contribution in [2.24, 2.45) is 0 Å². The average molecular weight is 337 g/mol. The van der Waals surface area contributed by atoms with Gasteiger partial charge >= 0.3 is 5.97 Å². The van der Waals surface area contributed by atoms with Gasteiger partial charge in [-0.25, -0.2) is 0 Å². The molecule has 0 bridgehead atoms. The molecule has 24 heavy (non-hydrogen) atoms. The summed E-state index contributed by atoms with van der Waals surface area (Å²) in [7, 11) is 0. The van der Waals surface area contributed by atoms with E-state index in [1.165, 1.54) is 89.9 Å². The van der Waals surface area contributed by atoms with Crippen molar-refractivity contribution in [2.45, 2.75) is 109 Å². The Bertz CT molecular complexity index is 307. The molecule has 0 aromatic heterocycles. The van der Waals surface area contributed by atoms with Crippen LogP contribution in [-0.4, -0.2) is 11.1 Å². The Morgan fingerprint density at radius 2 is 1.00 bits per heavy atom. The Morgan fingerprint density at radius 1 is 0.625 bits per heavy atom. The Morgan fingerprint density at radius 3 is 1.42 bits per heavy atom. The Balaban J connectivity index is 3.05. The molecule has 0 unspecified atom stereocenters. The molecule has 0 spiro atoms. The molecule has 0 saturated carbocycles.